The quantitative estimate of drug-likeness (QED) is 0.809. The summed E-state index contributed by atoms with van der Waals surface area (Å²) in [5.74, 6) is -0.880. The van der Waals surface area contributed by atoms with Gasteiger partial charge >= 0.3 is 5.97 Å². The number of carbonyl (C=O) groups is 1. The van der Waals surface area contributed by atoms with Gasteiger partial charge in [0.1, 0.15) is 0 Å². The van der Waals surface area contributed by atoms with Gasteiger partial charge in [0.25, 0.3) is 0 Å². The van der Waals surface area contributed by atoms with Crippen molar-refractivity contribution in [1.82, 2.24) is 0 Å². The molecule has 0 heterocycles. The van der Waals surface area contributed by atoms with E-state index in [1.807, 2.05) is 0 Å². The summed E-state index contributed by atoms with van der Waals surface area (Å²) in [5.41, 5.74) is -0.200. The Morgan fingerprint density at radius 2 is 1.87 bits per heavy atom. The van der Waals surface area contributed by atoms with E-state index in [2.05, 4.69) is 0 Å². The molecule has 3 nitrogen and oxygen atoms in total. The number of aliphatic hydroxyl groups excluding tert-OH is 1. The molecule has 0 saturated heterocycles. The summed E-state index contributed by atoms with van der Waals surface area (Å²) in [6.07, 6.45) is 0.0604. The molecule has 80 valence electrons. The Hall–Kier alpha value is -1.06. The van der Waals surface area contributed by atoms with Crippen molar-refractivity contribution in [2.24, 2.45) is 0 Å². The monoisotopic (exact) mass is 226 g/mol. The van der Waals surface area contributed by atoms with Crippen molar-refractivity contribution in [3.8, 4) is 0 Å². The van der Waals surface area contributed by atoms with E-state index in [9.17, 15) is 15.0 Å². The van der Waals surface area contributed by atoms with Crippen molar-refractivity contribution < 1.29 is 15.0 Å². The lowest BCUT2D eigenvalue weighted by molar-refractivity contribution is -0.152. The maximum absolute atomic E-state index is 11.2. The van der Waals surface area contributed by atoms with E-state index in [0.717, 1.165) is 0 Å². The molecule has 0 amide bonds. The molecule has 1 aromatic rings. The zero-order valence-corrected chi connectivity index (χ0v) is 8.74. The standard InChI is InChI=1S/C11H11ClO3/c12-8-3-1-7(2-4-8)11(10(14)15)5-9(13)6-11/h1-4,9,13H,5-6H2,(H,14,15)/t9-,11+. The zero-order chi connectivity index (χ0) is 11.1. The molecule has 1 aliphatic carbocycles. The lowest BCUT2D eigenvalue weighted by atomic mass is 9.63. The van der Waals surface area contributed by atoms with Gasteiger partial charge in [-0.15, -0.1) is 0 Å². The highest BCUT2D eigenvalue weighted by molar-refractivity contribution is 6.30. The van der Waals surface area contributed by atoms with Gasteiger partial charge in [-0.1, -0.05) is 23.7 Å². The highest BCUT2D eigenvalue weighted by atomic mass is 35.5. The van der Waals surface area contributed by atoms with Crippen LogP contribution in [0.4, 0.5) is 0 Å². The number of aliphatic carboxylic acids is 1. The van der Waals surface area contributed by atoms with Crippen LogP contribution < -0.4 is 0 Å². The molecule has 0 unspecified atom stereocenters. The van der Waals surface area contributed by atoms with Gasteiger partial charge in [0, 0.05) is 5.02 Å². The predicted molar refractivity (Wildman–Crippen MR) is 56.0 cm³/mol. The smallest absolute Gasteiger partial charge is 0.314 e. The van der Waals surface area contributed by atoms with Crippen LogP contribution in [0.2, 0.25) is 5.02 Å². The number of benzene rings is 1. The second-order valence-electron chi connectivity index (χ2n) is 3.96. The van der Waals surface area contributed by atoms with Crippen molar-refractivity contribution in [1.29, 1.82) is 0 Å². The van der Waals surface area contributed by atoms with Gasteiger partial charge in [0.15, 0.2) is 0 Å². The lowest BCUT2D eigenvalue weighted by Crippen LogP contribution is -2.50. The van der Waals surface area contributed by atoms with Crippen LogP contribution in [0.5, 0.6) is 0 Å². The molecule has 2 rings (SSSR count). The highest BCUT2D eigenvalue weighted by Crippen LogP contribution is 2.44. The molecule has 1 fully saturated rings. The van der Waals surface area contributed by atoms with E-state index >= 15 is 0 Å². The number of aliphatic hydroxyl groups is 1. The highest BCUT2D eigenvalue weighted by Gasteiger charge is 2.51. The van der Waals surface area contributed by atoms with Crippen LogP contribution in [0.3, 0.4) is 0 Å². The summed E-state index contributed by atoms with van der Waals surface area (Å²) < 4.78 is 0. The summed E-state index contributed by atoms with van der Waals surface area (Å²) in [6, 6.07) is 6.77. The lowest BCUT2D eigenvalue weighted by Gasteiger charge is -2.42. The van der Waals surface area contributed by atoms with E-state index in [4.69, 9.17) is 11.6 Å². The molecule has 0 aliphatic heterocycles. The fraction of sp³-hybridized carbons (Fsp3) is 0.364. The van der Waals surface area contributed by atoms with Crippen molar-refractivity contribution in [3.63, 3.8) is 0 Å². The first-order valence-corrected chi connectivity index (χ1v) is 5.10. The van der Waals surface area contributed by atoms with Gasteiger partial charge in [0.2, 0.25) is 0 Å². The van der Waals surface area contributed by atoms with Gasteiger partial charge < -0.3 is 10.2 Å². The van der Waals surface area contributed by atoms with Gasteiger partial charge in [-0.05, 0) is 30.5 Å². The Morgan fingerprint density at radius 1 is 1.33 bits per heavy atom. The fourth-order valence-electron chi connectivity index (χ4n) is 2.05. The van der Waals surface area contributed by atoms with Crippen LogP contribution in [0.25, 0.3) is 0 Å². The van der Waals surface area contributed by atoms with Crippen LogP contribution >= 0.6 is 11.6 Å². The van der Waals surface area contributed by atoms with Crippen LogP contribution in [-0.4, -0.2) is 22.3 Å². The van der Waals surface area contributed by atoms with Crippen LogP contribution in [0.15, 0.2) is 24.3 Å². The maximum Gasteiger partial charge on any atom is 0.314 e. The Kier molecular flexibility index (Phi) is 2.44. The van der Waals surface area contributed by atoms with Gasteiger partial charge in [-0.3, -0.25) is 4.79 Å². The third-order valence-electron chi connectivity index (χ3n) is 2.97. The van der Waals surface area contributed by atoms with Crippen molar-refractivity contribution >= 4 is 17.6 Å². The van der Waals surface area contributed by atoms with E-state index in [1.54, 1.807) is 24.3 Å². The molecule has 0 spiro atoms. The SMILES string of the molecule is O=C(O)[C@]1(c2ccc(Cl)cc2)C[C@H](O)C1. The molecule has 1 aliphatic rings. The third kappa shape index (κ3) is 1.62. The predicted octanol–water partition coefficient (Wildman–Crippen LogP) is 1.82. The molecule has 4 heteroatoms. The number of halogens is 1. The minimum absolute atomic E-state index is 0.282. The van der Waals surface area contributed by atoms with E-state index in [1.165, 1.54) is 0 Å². The summed E-state index contributed by atoms with van der Waals surface area (Å²) >= 11 is 5.73. The summed E-state index contributed by atoms with van der Waals surface area (Å²) in [7, 11) is 0. The fourth-order valence-corrected chi connectivity index (χ4v) is 2.17. The van der Waals surface area contributed by atoms with Crippen LogP contribution in [0, 0.1) is 0 Å². The Labute approximate surface area is 92.3 Å². The normalized spacial score (nSPS) is 29.6. The first-order chi connectivity index (χ1) is 7.04. The number of hydrogen-bond donors (Lipinski definition) is 2. The summed E-state index contributed by atoms with van der Waals surface area (Å²) in [4.78, 5) is 11.2. The number of carboxylic acid groups (broad SMARTS) is 1. The number of rotatable bonds is 2. The third-order valence-corrected chi connectivity index (χ3v) is 3.23. The summed E-state index contributed by atoms with van der Waals surface area (Å²) in [6.45, 7) is 0. The Morgan fingerprint density at radius 3 is 2.27 bits per heavy atom. The van der Waals surface area contributed by atoms with Gasteiger partial charge in [-0.2, -0.15) is 0 Å². The van der Waals surface area contributed by atoms with Gasteiger partial charge in [0.05, 0.1) is 11.5 Å². The van der Waals surface area contributed by atoms with E-state index in [-0.39, 0.29) is 12.8 Å². The average molecular weight is 227 g/mol. The molecule has 1 saturated carbocycles. The summed E-state index contributed by atoms with van der Waals surface area (Å²) in [5, 5.41) is 19.0. The molecular weight excluding hydrogens is 216 g/mol. The zero-order valence-electron chi connectivity index (χ0n) is 7.98. The largest absolute Gasteiger partial charge is 0.481 e. The second kappa shape index (κ2) is 3.51. The molecule has 2 N–H and O–H groups in total. The van der Waals surface area contributed by atoms with Crippen LogP contribution in [-0.2, 0) is 10.2 Å². The second-order valence-corrected chi connectivity index (χ2v) is 4.39. The van der Waals surface area contributed by atoms with E-state index < -0.39 is 17.5 Å². The maximum atomic E-state index is 11.2. The van der Waals surface area contributed by atoms with Crippen LogP contribution in [0.1, 0.15) is 18.4 Å². The van der Waals surface area contributed by atoms with E-state index in [0.29, 0.717) is 10.6 Å². The Bertz CT molecular complexity index is 379. The molecular formula is C11H11ClO3. The molecule has 0 radical (unpaired) electrons. The van der Waals surface area contributed by atoms with Crippen molar-refractivity contribution in [3.05, 3.63) is 34.9 Å². The average Bonchev–Trinajstić information content (AvgIpc) is 2.13. The topological polar surface area (TPSA) is 57.5 Å². The molecule has 0 bridgehead atoms. The molecule has 1 aromatic carbocycles. The minimum atomic E-state index is -0.913. The number of carboxylic acids is 1. The minimum Gasteiger partial charge on any atom is -0.481 e. The Balaban J connectivity index is 2.34. The molecule has 0 atom stereocenters. The van der Waals surface area contributed by atoms with Gasteiger partial charge in [-0.25, -0.2) is 0 Å². The first-order valence-electron chi connectivity index (χ1n) is 4.72. The number of hydrogen-bond acceptors (Lipinski definition) is 2. The molecule has 15 heavy (non-hydrogen) atoms. The first kappa shape index (κ1) is 10.5. The molecule has 0 aromatic heterocycles. The van der Waals surface area contributed by atoms with Crippen molar-refractivity contribution in [2.75, 3.05) is 0 Å². The van der Waals surface area contributed by atoms with Crippen molar-refractivity contribution in [2.45, 2.75) is 24.4 Å².